The van der Waals surface area contributed by atoms with Crippen molar-refractivity contribution in [3.05, 3.63) is 56.4 Å². The zero-order chi connectivity index (χ0) is 23.5. The molecule has 1 amide bonds. The quantitative estimate of drug-likeness (QED) is 0.240. The minimum atomic E-state index is -4.29. The second kappa shape index (κ2) is 9.45. The zero-order valence-corrected chi connectivity index (χ0v) is 18.7. The van der Waals surface area contributed by atoms with Gasteiger partial charge in [-0.05, 0) is 43.3 Å². The highest BCUT2D eigenvalue weighted by Gasteiger charge is 2.30. The number of pyridine rings is 1. The molecule has 0 aliphatic heterocycles. The van der Waals surface area contributed by atoms with Gasteiger partial charge in [0.25, 0.3) is 15.6 Å². The number of oxime groups is 1. The van der Waals surface area contributed by atoms with E-state index in [0.29, 0.717) is 5.69 Å². The highest BCUT2D eigenvalue weighted by molar-refractivity contribution is 7.92. The number of aryl methyl sites for hydroxylation is 1. The Labute approximate surface area is 187 Å². The summed E-state index contributed by atoms with van der Waals surface area (Å²) in [4.78, 5) is 29.9. The van der Waals surface area contributed by atoms with Crippen LogP contribution in [-0.4, -0.2) is 31.0 Å². The van der Waals surface area contributed by atoms with E-state index in [1.165, 1.54) is 44.2 Å². The predicted octanol–water partition coefficient (Wildman–Crippen LogP) is 0.884. The molecule has 2 aromatic rings. The molecule has 11 nitrogen and oxygen atoms in total. The molecule has 14 heteroatoms. The van der Waals surface area contributed by atoms with E-state index in [9.17, 15) is 18.0 Å². The molecule has 7 N–H and O–H groups in total. The maximum atomic E-state index is 13.1. The summed E-state index contributed by atoms with van der Waals surface area (Å²) in [5, 5.41) is 3.17. The number of nitrogens with zero attached hydrogens (tertiary/aromatic N) is 2. The fourth-order valence-electron chi connectivity index (χ4n) is 2.73. The zero-order valence-electron chi connectivity index (χ0n) is 16.4. The van der Waals surface area contributed by atoms with Crippen molar-refractivity contribution in [1.82, 2.24) is 4.57 Å². The van der Waals surface area contributed by atoms with Crippen molar-refractivity contribution in [2.75, 3.05) is 4.72 Å². The van der Waals surface area contributed by atoms with Gasteiger partial charge in [0.2, 0.25) is 11.9 Å². The van der Waals surface area contributed by atoms with Crippen LogP contribution in [0, 0.1) is 6.92 Å². The van der Waals surface area contributed by atoms with Gasteiger partial charge in [-0.25, -0.2) is 8.42 Å². The lowest BCUT2D eigenvalue weighted by atomic mass is 10.1. The first-order valence-electron chi connectivity index (χ1n) is 8.60. The summed E-state index contributed by atoms with van der Waals surface area (Å²) in [6.45, 7) is 2.94. The molecule has 1 heterocycles. The lowest BCUT2D eigenvalue weighted by Gasteiger charge is -2.24. The standard InChI is InChI=1S/C17H20Cl2N6O5S/c1-8-6-7-11(24-31(28,29)12-5-3-4-10(18)13(12)19)16(27)25(8)14(15(20)26)9(2)30-23-17(21)22/h3-7,9,14,24H,1-2H3,(H2,20,26)(H4,21,22,23). The Bertz CT molecular complexity index is 1190. The van der Waals surface area contributed by atoms with E-state index in [0.717, 1.165) is 4.57 Å². The number of nitrogens with one attached hydrogen (secondary N) is 1. The Kier molecular flexibility index (Phi) is 7.41. The number of amides is 1. The van der Waals surface area contributed by atoms with Crippen molar-refractivity contribution in [3.8, 4) is 0 Å². The molecule has 1 aromatic heterocycles. The number of sulfonamides is 1. The van der Waals surface area contributed by atoms with Crippen LogP contribution in [0.2, 0.25) is 10.0 Å². The van der Waals surface area contributed by atoms with E-state index < -0.39 is 39.6 Å². The van der Waals surface area contributed by atoms with Gasteiger partial charge >= 0.3 is 0 Å². The Morgan fingerprint density at radius 3 is 2.42 bits per heavy atom. The van der Waals surface area contributed by atoms with Crippen LogP contribution < -0.4 is 27.5 Å². The number of hydrogen-bond donors (Lipinski definition) is 4. The average molecular weight is 491 g/mol. The molecular weight excluding hydrogens is 471 g/mol. The minimum absolute atomic E-state index is 0.0188. The topological polar surface area (TPSA) is 185 Å². The van der Waals surface area contributed by atoms with E-state index in [1.54, 1.807) is 0 Å². The first-order valence-corrected chi connectivity index (χ1v) is 10.8. The first kappa shape index (κ1) is 24.3. The van der Waals surface area contributed by atoms with Crippen LogP contribution in [-0.2, 0) is 19.7 Å². The molecule has 0 aliphatic carbocycles. The Morgan fingerprint density at radius 2 is 1.84 bits per heavy atom. The number of halogens is 2. The van der Waals surface area contributed by atoms with Crippen LogP contribution in [0.3, 0.4) is 0 Å². The smallest absolute Gasteiger partial charge is 0.275 e. The summed E-state index contributed by atoms with van der Waals surface area (Å²) < 4.78 is 28.7. The summed E-state index contributed by atoms with van der Waals surface area (Å²) in [6.07, 6.45) is -1.06. The number of carbonyl (C=O) groups is 1. The molecule has 0 saturated heterocycles. The largest absolute Gasteiger partial charge is 0.387 e. The number of carbonyl (C=O) groups excluding carboxylic acids is 1. The molecule has 0 spiro atoms. The molecule has 0 bridgehead atoms. The molecule has 31 heavy (non-hydrogen) atoms. The van der Waals surface area contributed by atoms with Gasteiger partial charge in [-0.1, -0.05) is 29.3 Å². The van der Waals surface area contributed by atoms with Crippen molar-refractivity contribution in [2.24, 2.45) is 22.4 Å². The number of nitrogens with two attached hydrogens (primary N) is 3. The predicted molar refractivity (Wildman–Crippen MR) is 117 cm³/mol. The van der Waals surface area contributed by atoms with E-state index in [2.05, 4.69) is 9.88 Å². The molecule has 0 saturated carbocycles. The Hall–Kier alpha value is -2.96. The van der Waals surface area contributed by atoms with E-state index in [-0.39, 0.29) is 20.6 Å². The summed E-state index contributed by atoms with van der Waals surface area (Å²) in [7, 11) is -4.29. The van der Waals surface area contributed by atoms with Gasteiger partial charge < -0.3 is 22.0 Å². The van der Waals surface area contributed by atoms with Crippen LogP contribution in [0.1, 0.15) is 18.7 Å². The van der Waals surface area contributed by atoms with Gasteiger partial charge in [0.05, 0.1) is 10.0 Å². The first-order chi connectivity index (χ1) is 14.4. The third-order valence-corrected chi connectivity index (χ3v) is 6.45. The average Bonchev–Trinajstić information content (AvgIpc) is 2.67. The summed E-state index contributed by atoms with van der Waals surface area (Å²) in [6, 6.07) is 5.33. The highest BCUT2D eigenvalue weighted by Crippen LogP contribution is 2.30. The SMILES string of the molecule is Cc1ccc(NS(=O)(=O)c2cccc(Cl)c2Cl)c(=O)n1C(C(N)=O)C(C)ON=C(N)N. The second-order valence-corrected chi connectivity index (χ2v) is 8.83. The third kappa shape index (κ3) is 5.40. The lowest BCUT2D eigenvalue weighted by Crippen LogP contribution is -2.42. The van der Waals surface area contributed by atoms with Crippen LogP contribution >= 0.6 is 23.2 Å². The molecule has 0 radical (unpaired) electrons. The molecule has 1 aromatic carbocycles. The Morgan fingerprint density at radius 1 is 1.19 bits per heavy atom. The van der Waals surface area contributed by atoms with Gasteiger partial charge in [0, 0.05) is 5.69 Å². The van der Waals surface area contributed by atoms with E-state index >= 15 is 0 Å². The maximum absolute atomic E-state index is 13.1. The van der Waals surface area contributed by atoms with Gasteiger partial charge in [0.1, 0.15) is 10.6 Å². The van der Waals surface area contributed by atoms with Crippen molar-refractivity contribution in [2.45, 2.75) is 30.9 Å². The van der Waals surface area contributed by atoms with E-state index in [4.69, 9.17) is 45.2 Å². The molecule has 2 rings (SSSR count). The van der Waals surface area contributed by atoms with Gasteiger partial charge in [-0.2, -0.15) is 0 Å². The Balaban J connectivity index is 2.55. The van der Waals surface area contributed by atoms with Crippen molar-refractivity contribution in [1.29, 1.82) is 0 Å². The number of benzene rings is 1. The van der Waals surface area contributed by atoms with Gasteiger partial charge in [-0.3, -0.25) is 18.9 Å². The summed E-state index contributed by atoms with van der Waals surface area (Å²) in [5.41, 5.74) is 15.0. The number of rotatable bonds is 8. The minimum Gasteiger partial charge on any atom is -0.387 e. The third-order valence-electron chi connectivity index (χ3n) is 4.11. The van der Waals surface area contributed by atoms with Crippen molar-refractivity contribution >= 4 is 50.8 Å². The number of anilines is 1. The maximum Gasteiger partial charge on any atom is 0.275 e. The lowest BCUT2D eigenvalue weighted by molar-refractivity contribution is -0.125. The van der Waals surface area contributed by atoms with Gasteiger partial charge in [-0.15, -0.1) is 0 Å². The number of hydrogen-bond acceptors (Lipinski definition) is 6. The summed E-state index contributed by atoms with van der Waals surface area (Å²) in [5.74, 6) is -1.33. The second-order valence-electron chi connectivity index (χ2n) is 6.39. The molecule has 168 valence electrons. The molecule has 2 atom stereocenters. The van der Waals surface area contributed by atoms with Crippen LogP contribution in [0.25, 0.3) is 0 Å². The molecule has 2 unspecified atom stereocenters. The van der Waals surface area contributed by atoms with Crippen LogP contribution in [0.15, 0.2) is 45.2 Å². The van der Waals surface area contributed by atoms with Gasteiger partial charge in [0.15, 0.2) is 12.1 Å². The molecule has 0 fully saturated rings. The monoisotopic (exact) mass is 490 g/mol. The highest BCUT2D eigenvalue weighted by atomic mass is 35.5. The van der Waals surface area contributed by atoms with Crippen LogP contribution in [0.4, 0.5) is 5.69 Å². The number of primary amides is 1. The number of guanidine groups is 1. The fraction of sp³-hybridized carbons (Fsp3) is 0.235. The molecule has 0 aliphatic rings. The number of aromatic nitrogens is 1. The molecular formula is C17H20Cl2N6O5S. The normalized spacial score (nSPS) is 13.2. The fourth-order valence-corrected chi connectivity index (χ4v) is 4.55. The van der Waals surface area contributed by atoms with Crippen LogP contribution in [0.5, 0.6) is 0 Å². The van der Waals surface area contributed by atoms with Crippen molar-refractivity contribution in [3.63, 3.8) is 0 Å². The van der Waals surface area contributed by atoms with Crippen molar-refractivity contribution < 1.29 is 18.0 Å². The summed E-state index contributed by atoms with van der Waals surface area (Å²) >= 11 is 11.9. The van der Waals surface area contributed by atoms with E-state index in [1.807, 2.05) is 0 Å².